The Balaban J connectivity index is 2.54. The molecule has 3 nitrogen and oxygen atoms in total. The van der Waals surface area contributed by atoms with Crippen LogP contribution in [0.1, 0.15) is 29.7 Å². The first-order valence-corrected chi connectivity index (χ1v) is 6.66. The molecule has 1 N–H and O–H groups in total. The molecule has 2 aromatic rings. The highest BCUT2D eigenvalue weighted by atomic mass is 19.1. The molecular formula is C17H17FN2O. The number of aliphatic hydroxyl groups excluding tert-OH is 1. The van der Waals surface area contributed by atoms with Crippen molar-refractivity contribution in [1.82, 2.24) is 0 Å². The van der Waals surface area contributed by atoms with E-state index in [4.69, 9.17) is 5.26 Å². The van der Waals surface area contributed by atoms with Crippen LogP contribution in [-0.4, -0.2) is 12.2 Å². The molecule has 0 spiro atoms. The highest BCUT2D eigenvalue weighted by molar-refractivity contribution is 5.68. The molecule has 0 unspecified atom stereocenters. The molecule has 0 aromatic heterocycles. The van der Waals surface area contributed by atoms with Gasteiger partial charge in [-0.25, -0.2) is 4.39 Å². The van der Waals surface area contributed by atoms with Gasteiger partial charge in [0, 0.05) is 24.0 Å². The van der Waals surface area contributed by atoms with Gasteiger partial charge in [0.2, 0.25) is 0 Å². The number of nitrogens with zero attached hydrogens (tertiary/aromatic N) is 2. The number of halogens is 1. The van der Waals surface area contributed by atoms with Crippen LogP contribution < -0.4 is 4.90 Å². The molecule has 0 bridgehead atoms. The summed E-state index contributed by atoms with van der Waals surface area (Å²) < 4.78 is 13.7. The van der Waals surface area contributed by atoms with Gasteiger partial charge >= 0.3 is 0 Å². The number of hydrogen-bond donors (Lipinski definition) is 1. The Kier molecular flexibility index (Phi) is 4.25. The van der Waals surface area contributed by atoms with Gasteiger partial charge in [-0.3, -0.25) is 0 Å². The van der Waals surface area contributed by atoms with E-state index in [1.54, 1.807) is 38.1 Å². The third-order valence-electron chi connectivity index (χ3n) is 3.48. The first-order chi connectivity index (χ1) is 9.93. The third kappa shape index (κ3) is 3.04. The minimum absolute atomic E-state index is 0.339. The topological polar surface area (TPSA) is 47.3 Å². The molecule has 0 heterocycles. The lowest BCUT2D eigenvalue weighted by molar-refractivity contribution is 0.199. The molecule has 0 aliphatic rings. The lowest BCUT2D eigenvalue weighted by Gasteiger charge is -2.24. The van der Waals surface area contributed by atoms with E-state index in [0.717, 1.165) is 11.4 Å². The quantitative estimate of drug-likeness (QED) is 0.931. The molecule has 0 fully saturated rings. The van der Waals surface area contributed by atoms with Crippen molar-refractivity contribution in [2.45, 2.75) is 20.0 Å². The lowest BCUT2D eigenvalue weighted by Crippen LogP contribution is -2.14. The number of nitriles is 1. The second-order valence-corrected chi connectivity index (χ2v) is 5.06. The van der Waals surface area contributed by atoms with Crippen molar-refractivity contribution in [2.75, 3.05) is 11.9 Å². The largest absolute Gasteiger partial charge is 0.389 e. The van der Waals surface area contributed by atoms with Crippen LogP contribution in [0.3, 0.4) is 0 Å². The van der Waals surface area contributed by atoms with Crippen molar-refractivity contribution in [2.24, 2.45) is 0 Å². The summed E-state index contributed by atoms with van der Waals surface area (Å²) in [5, 5.41) is 18.9. The fourth-order valence-corrected chi connectivity index (χ4v) is 2.23. The second kappa shape index (κ2) is 5.94. The Bertz CT molecular complexity index is 704. The first-order valence-electron chi connectivity index (χ1n) is 6.66. The summed E-state index contributed by atoms with van der Waals surface area (Å²) in [6.45, 7) is 3.29. The van der Waals surface area contributed by atoms with Gasteiger partial charge in [0.1, 0.15) is 5.82 Å². The predicted octanol–water partition coefficient (Wildman–Crippen LogP) is 3.83. The van der Waals surface area contributed by atoms with Crippen molar-refractivity contribution in [1.29, 1.82) is 5.26 Å². The Morgan fingerprint density at radius 3 is 2.62 bits per heavy atom. The maximum absolute atomic E-state index is 13.7. The van der Waals surface area contributed by atoms with Crippen LogP contribution in [0.25, 0.3) is 0 Å². The number of aliphatic hydroxyl groups is 1. The fourth-order valence-electron chi connectivity index (χ4n) is 2.23. The normalized spacial score (nSPS) is 11.8. The molecule has 0 aliphatic heterocycles. The van der Waals surface area contributed by atoms with Gasteiger partial charge in [0.25, 0.3) is 0 Å². The maximum Gasteiger partial charge on any atom is 0.126 e. The van der Waals surface area contributed by atoms with Crippen LogP contribution in [0.5, 0.6) is 0 Å². The highest BCUT2D eigenvalue weighted by Crippen LogP contribution is 2.33. The van der Waals surface area contributed by atoms with Crippen molar-refractivity contribution in [3.05, 3.63) is 58.9 Å². The highest BCUT2D eigenvalue weighted by Gasteiger charge is 2.16. The van der Waals surface area contributed by atoms with E-state index < -0.39 is 6.10 Å². The van der Waals surface area contributed by atoms with Gasteiger partial charge in [0.15, 0.2) is 0 Å². The molecule has 108 valence electrons. The smallest absolute Gasteiger partial charge is 0.126 e. The molecule has 0 aliphatic carbocycles. The van der Waals surface area contributed by atoms with Crippen LogP contribution in [-0.2, 0) is 0 Å². The zero-order valence-corrected chi connectivity index (χ0v) is 12.3. The van der Waals surface area contributed by atoms with E-state index >= 15 is 0 Å². The second-order valence-electron chi connectivity index (χ2n) is 5.06. The summed E-state index contributed by atoms with van der Waals surface area (Å²) >= 11 is 0. The number of hydrogen-bond acceptors (Lipinski definition) is 3. The van der Waals surface area contributed by atoms with E-state index in [0.29, 0.717) is 16.7 Å². The molecule has 2 aromatic carbocycles. The predicted molar refractivity (Wildman–Crippen MR) is 81.0 cm³/mol. The zero-order chi connectivity index (χ0) is 15.6. The Morgan fingerprint density at radius 2 is 2.00 bits per heavy atom. The number of rotatable bonds is 3. The number of benzene rings is 2. The monoisotopic (exact) mass is 284 g/mol. The number of aryl methyl sites for hydroxylation is 1. The number of anilines is 2. The van der Waals surface area contributed by atoms with E-state index in [1.165, 1.54) is 6.07 Å². The summed E-state index contributed by atoms with van der Waals surface area (Å²) in [5.41, 5.74) is 3.11. The molecule has 1 atom stereocenters. The lowest BCUT2D eigenvalue weighted by atomic mass is 10.0. The van der Waals surface area contributed by atoms with Crippen LogP contribution in [0.2, 0.25) is 0 Å². The molecule has 21 heavy (non-hydrogen) atoms. The molecule has 0 saturated carbocycles. The van der Waals surface area contributed by atoms with Gasteiger partial charge < -0.3 is 10.0 Å². The summed E-state index contributed by atoms with van der Waals surface area (Å²) in [4.78, 5) is 1.84. The van der Waals surface area contributed by atoms with Gasteiger partial charge in [-0.15, -0.1) is 0 Å². The molecule has 2 rings (SSSR count). The van der Waals surface area contributed by atoms with E-state index in [-0.39, 0.29) is 5.82 Å². The standard InChI is InChI=1S/C17H17FN2O/c1-11-7-17(15(12(2)21)9-16(11)18)20(3)14-6-4-5-13(8-14)10-19/h4-9,12,21H,1-3H3/t12-/m0/s1. The van der Waals surface area contributed by atoms with Crippen molar-refractivity contribution in [3.8, 4) is 6.07 Å². The van der Waals surface area contributed by atoms with Crippen molar-refractivity contribution >= 4 is 11.4 Å². The zero-order valence-electron chi connectivity index (χ0n) is 12.3. The average molecular weight is 284 g/mol. The molecule has 0 amide bonds. The third-order valence-corrected chi connectivity index (χ3v) is 3.48. The van der Waals surface area contributed by atoms with Gasteiger partial charge in [-0.2, -0.15) is 5.26 Å². The van der Waals surface area contributed by atoms with E-state index in [9.17, 15) is 9.50 Å². The van der Waals surface area contributed by atoms with Crippen molar-refractivity contribution < 1.29 is 9.50 Å². The minimum atomic E-state index is -0.781. The molecule has 0 saturated heterocycles. The van der Waals surface area contributed by atoms with E-state index in [2.05, 4.69) is 6.07 Å². The molecular weight excluding hydrogens is 267 g/mol. The summed E-state index contributed by atoms with van der Waals surface area (Å²) in [6, 6.07) is 12.3. The van der Waals surface area contributed by atoms with Gasteiger partial charge in [-0.05, 0) is 49.7 Å². The van der Waals surface area contributed by atoms with Gasteiger partial charge in [-0.1, -0.05) is 6.07 Å². The Labute approximate surface area is 123 Å². The maximum atomic E-state index is 13.7. The average Bonchev–Trinajstić information content (AvgIpc) is 2.48. The summed E-state index contributed by atoms with van der Waals surface area (Å²) in [6.07, 6.45) is -0.781. The molecule has 4 heteroatoms. The van der Waals surface area contributed by atoms with Crippen molar-refractivity contribution in [3.63, 3.8) is 0 Å². The van der Waals surface area contributed by atoms with Crippen LogP contribution in [0, 0.1) is 24.1 Å². The Morgan fingerprint density at radius 1 is 1.29 bits per heavy atom. The molecule has 0 radical (unpaired) electrons. The SMILES string of the molecule is Cc1cc(N(C)c2cccc(C#N)c2)c([C@H](C)O)cc1F. The van der Waals surface area contributed by atoms with Crippen LogP contribution in [0.15, 0.2) is 36.4 Å². The summed E-state index contributed by atoms with van der Waals surface area (Å²) in [5.74, 6) is -0.339. The minimum Gasteiger partial charge on any atom is -0.389 e. The Hall–Kier alpha value is -2.38. The summed E-state index contributed by atoms with van der Waals surface area (Å²) in [7, 11) is 1.83. The first kappa shape index (κ1) is 15.0. The van der Waals surface area contributed by atoms with Crippen LogP contribution in [0.4, 0.5) is 15.8 Å². The van der Waals surface area contributed by atoms with Gasteiger partial charge in [0.05, 0.1) is 17.7 Å². The fraction of sp³-hybridized carbons (Fsp3) is 0.235. The van der Waals surface area contributed by atoms with E-state index in [1.807, 2.05) is 18.0 Å². The van der Waals surface area contributed by atoms with Crippen LogP contribution >= 0.6 is 0 Å².